The van der Waals surface area contributed by atoms with E-state index in [1.54, 1.807) is 0 Å². The van der Waals surface area contributed by atoms with Crippen LogP contribution in [-0.4, -0.2) is 16.0 Å². The van der Waals surface area contributed by atoms with E-state index in [2.05, 4.69) is 0 Å². The molecule has 0 saturated carbocycles. The van der Waals surface area contributed by atoms with E-state index >= 15 is 0 Å². The number of nitro benzene ring substituents is 1. The number of nitro groups is 1. The maximum atomic E-state index is 11.2. The van der Waals surface area contributed by atoms with Crippen LogP contribution in [-0.2, 0) is 0 Å². The van der Waals surface area contributed by atoms with Crippen molar-refractivity contribution in [1.82, 2.24) is 0 Å². The third kappa shape index (κ3) is 3.42. The van der Waals surface area contributed by atoms with Crippen LogP contribution in [0.3, 0.4) is 0 Å². The van der Waals surface area contributed by atoms with Crippen molar-refractivity contribution in [2.45, 2.75) is 0 Å². The Labute approximate surface area is 128 Å². The molecule has 6 nitrogen and oxygen atoms in total. The summed E-state index contributed by atoms with van der Waals surface area (Å²) in [6, 6.07) is 7.67. The lowest BCUT2D eigenvalue weighted by molar-refractivity contribution is -0.385. The Morgan fingerprint density at radius 1 is 1.10 bits per heavy atom. The summed E-state index contributed by atoms with van der Waals surface area (Å²) < 4.78 is 5.33. The number of aromatic carboxylic acids is 1. The monoisotopic (exact) mass is 327 g/mol. The van der Waals surface area contributed by atoms with Gasteiger partial charge in [-0.25, -0.2) is 4.79 Å². The molecule has 0 aliphatic carbocycles. The molecule has 21 heavy (non-hydrogen) atoms. The third-order valence-corrected chi connectivity index (χ3v) is 2.98. The van der Waals surface area contributed by atoms with Crippen LogP contribution in [0.4, 0.5) is 5.69 Å². The quantitative estimate of drug-likeness (QED) is 0.664. The maximum absolute atomic E-state index is 11.2. The summed E-state index contributed by atoms with van der Waals surface area (Å²) in [6.07, 6.45) is 0. The molecule has 0 bridgehead atoms. The maximum Gasteiger partial charge on any atom is 0.339 e. The normalized spacial score (nSPS) is 10.2. The van der Waals surface area contributed by atoms with Gasteiger partial charge in [0.05, 0.1) is 4.92 Å². The predicted molar refractivity (Wildman–Crippen MR) is 76.6 cm³/mol. The van der Waals surface area contributed by atoms with E-state index in [1.165, 1.54) is 36.4 Å². The molecule has 0 aliphatic heterocycles. The molecule has 8 heteroatoms. The van der Waals surface area contributed by atoms with Crippen LogP contribution >= 0.6 is 23.2 Å². The molecule has 2 aromatic rings. The number of rotatable bonds is 4. The fraction of sp³-hybridized carbons (Fsp3) is 0. The zero-order chi connectivity index (χ0) is 15.6. The van der Waals surface area contributed by atoms with Gasteiger partial charge in [0.25, 0.3) is 0 Å². The minimum absolute atomic E-state index is 0.0720. The fourth-order valence-electron chi connectivity index (χ4n) is 1.60. The summed E-state index contributed by atoms with van der Waals surface area (Å²) in [5, 5.41) is 20.5. The van der Waals surface area contributed by atoms with E-state index in [-0.39, 0.29) is 32.8 Å². The average molecular weight is 328 g/mol. The highest BCUT2D eigenvalue weighted by Gasteiger charge is 2.19. The Kier molecular flexibility index (Phi) is 4.30. The molecule has 2 aromatic carbocycles. The Balaban J connectivity index is 2.50. The van der Waals surface area contributed by atoms with Gasteiger partial charge in [0, 0.05) is 22.2 Å². The molecule has 1 N–H and O–H groups in total. The van der Waals surface area contributed by atoms with Crippen molar-refractivity contribution in [3.8, 4) is 11.5 Å². The Morgan fingerprint density at radius 3 is 2.33 bits per heavy atom. The van der Waals surface area contributed by atoms with Crippen molar-refractivity contribution in [1.29, 1.82) is 0 Å². The molecule has 108 valence electrons. The van der Waals surface area contributed by atoms with Crippen LogP contribution in [0.25, 0.3) is 0 Å². The number of ether oxygens (including phenoxy) is 1. The summed E-state index contributed by atoms with van der Waals surface area (Å²) in [7, 11) is 0. The van der Waals surface area contributed by atoms with E-state index in [0.29, 0.717) is 0 Å². The van der Waals surface area contributed by atoms with E-state index in [4.69, 9.17) is 33.0 Å². The van der Waals surface area contributed by atoms with Crippen LogP contribution in [0.1, 0.15) is 10.4 Å². The Bertz CT molecular complexity index is 732. The molecule has 0 radical (unpaired) electrons. The molecule has 2 rings (SSSR count). The predicted octanol–water partition coefficient (Wildman–Crippen LogP) is 4.39. The van der Waals surface area contributed by atoms with Crippen LogP contribution in [0.2, 0.25) is 10.0 Å². The SMILES string of the molecule is O=C(O)c1cc(Cl)ccc1Oc1cc(Cl)ccc1[N+](=O)[O-]. The fourth-order valence-corrected chi connectivity index (χ4v) is 1.93. The van der Waals surface area contributed by atoms with E-state index in [0.717, 1.165) is 0 Å². The minimum Gasteiger partial charge on any atom is -0.478 e. The largest absolute Gasteiger partial charge is 0.478 e. The average Bonchev–Trinajstić information content (AvgIpc) is 2.40. The molecule has 0 unspecified atom stereocenters. The standard InChI is InChI=1S/C13H7Cl2NO5/c14-7-2-4-11(9(5-7)13(17)18)21-12-6-8(15)1-3-10(12)16(19)20/h1-6H,(H,17,18). The van der Waals surface area contributed by atoms with Crippen molar-refractivity contribution in [2.75, 3.05) is 0 Å². The number of carboxylic acid groups (broad SMARTS) is 1. The van der Waals surface area contributed by atoms with Crippen molar-refractivity contribution in [3.05, 3.63) is 62.1 Å². The summed E-state index contributed by atoms with van der Waals surface area (Å²) in [5.41, 5.74) is -0.539. The number of hydrogen-bond donors (Lipinski definition) is 1. The molecule has 0 saturated heterocycles. The van der Waals surface area contributed by atoms with Gasteiger partial charge < -0.3 is 9.84 Å². The molecule has 0 heterocycles. The Morgan fingerprint density at radius 2 is 1.71 bits per heavy atom. The van der Waals surface area contributed by atoms with Crippen LogP contribution in [0.5, 0.6) is 11.5 Å². The highest BCUT2D eigenvalue weighted by atomic mass is 35.5. The lowest BCUT2D eigenvalue weighted by Crippen LogP contribution is -2.01. The van der Waals surface area contributed by atoms with E-state index in [9.17, 15) is 14.9 Å². The highest BCUT2D eigenvalue weighted by molar-refractivity contribution is 6.31. The van der Waals surface area contributed by atoms with Gasteiger partial charge in [-0.15, -0.1) is 0 Å². The Hall–Kier alpha value is -2.31. The van der Waals surface area contributed by atoms with Gasteiger partial charge in [0.2, 0.25) is 5.75 Å². The molecule has 0 aliphatic rings. The lowest BCUT2D eigenvalue weighted by atomic mass is 10.2. The summed E-state index contributed by atoms with van der Waals surface area (Å²) in [6.45, 7) is 0. The second-order valence-electron chi connectivity index (χ2n) is 3.92. The van der Waals surface area contributed by atoms with Gasteiger partial charge in [0.1, 0.15) is 11.3 Å². The van der Waals surface area contributed by atoms with Crippen molar-refractivity contribution in [3.63, 3.8) is 0 Å². The van der Waals surface area contributed by atoms with Crippen molar-refractivity contribution in [2.24, 2.45) is 0 Å². The smallest absolute Gasteiger partial charge is 0.339 e. The lowest BCUT2D eigenvalue weighted by Gasteiger charge is -2.09. The number of nitrogens with zero attached hydrogens (tertiary/aromatic N) is 1. The zero-order valence-electron chi connectivity index (χ0n) is 10.2. The molecule has 0 atom stereocenters. The number of benzene rings is 2. The second kappa shape index (κ2) is 5.99. The first-order valence-electron chi connectivity index (χ1n) is 5.53. The van der Waals surface area contributed by atoms with Gasteiger partial charge >= 0.3 is 11.7 Å². The van der Waals surface area contributed by atoms with Gasteiger partial charge in [-0.2, -0.15) is 0 Å². The third-order valence-electron chi connectivity index (χ3n) is 2.51. The molecule has 0 fully saturated rings. The molecular weight excluding hydrogens is 321 g/mol. The first-order chi connectivity index (χ1) is 9.88. The number of halogens is 2. The van der Waals surface area contributed by atoms with E-state index in [1.807, 2.05) is 0 Å². The molecule has 0 amide bonds. The van der Waals surface area contributed by atoms with Crippen molar-refractivity contribution >= 4 is 34.9 Å². The highest BCUT2D eigenvalue weighted by Crippen LogP contribution is 2.35. The van der Waals surface area contributed by atoms with E-state index < -0.39 is 10.9 Å². The van der Waals surface area contributed by atoms with Gasteiger partial charge in [-0.1, -0.05) is 23.2 Å². The van der Waals surface area contributed by atoms with Gasteiger partial charge in [-0.3, -0.25) is 10.1 Å². The first kappa shape index (κ1) is 15.1. The number of hydrogen-bond acceptors (Lipinski definition) is 4. The van der Waals surface area contributed by atoms with Crippen LogP contribution < -0.4 is 4.74 Å². The summed E-state index contributed by atoms with van der Waals surface area (Å²) in [5.74, 6) is -1.49. The molecular formula is C13H7Cl2NO5. The topological polar surface area (TPSA) is 89.7 Å². The minimum atomic E-state index is -1.27. The van der Waals surface area contributed by atoms with Crippen molar-refractivity contribution < 1.29 is 19.6 Å². The van der Waals surface area contributed by atoms with Gasteiger partial charge in [0.15, 0.2) is 0 Å². The summed E-state index contributed by atoms with van der Waals surface area (Å²) in [4.78, 5) is 21.4. The second-order valence-corrected chi connectivity index (χ2v) is 4.79. The van der Waals surface area contributed by atoms with Crippen LogP contribution in [0.15, 0.2) is 36.4 Å². The first-order valence-corrected chi connectivity index (χ1v) is 6.28. The molecule has 0 aromatic heterocycles. The summed E-state index contributed by atoms with van der Waals surface area (Å²) >= 11 is 11.5. The number of carboxylic acids is 1. The zero-order valence-corrected chi connectivity index (χ0v) is 11.8. The van der Waals surface area contributed by atoms with Crippen LogP contribution in [0, 0.1) is 10.1 Å². The van der Waals surface area contributed by atoms with Gasteiger partial charge in [-0.05, 0) is 24.3 Å². The molecule has 0 spiro atoms. The number of carbonyl (C=O) groups is 1.